The molecule has 50 valence electrons. The van der Waals surface area contributed by atoms with Crippen LogP contribution in [0.1, 0.15) is 6.92 Å². The van der Waals surface area contributed by atoms with Crippen molar-refractivity contribution in [3.8, 4) is 0 Å². The van der Waals surface area contributed by atoms with Crippen LogP contribution >= 0.6 is 11.6 Å². The molecule has 2 N–H and O–H groups in total. The molecule has 0 aliphatic heterocycles. The number of carbonyl (C=O) groups excluding carboxylic acids is 1. The van der Waals surface area contributed by atoms with Crippen LogP contribution in [0.5, 0.6) is 0 Å². The maximum absolute atomic E-state index is 10.3. The normalized spacial score (nSPS) is 12.4. The van der Waals surface area contributed by atoms with Gasteiger partial charge < -0.3 is 5.73 Å². The summed E-state index contributed by atoms with van der Waals surface area (Å²) in [5.74, 6) is 0. The van der Waals surface area contributed by atoms with Crippen molar-refractivity contribution in [3.05, 3.63) is 11.9 Å². The average molecular weight is 147 g/mol. The van der Waals surface area contributed by atoms with Crippen LogP contribution in [0, 0.1) is 0 Å². The highest BCUT2D eigenvalue weighted by Gasteiger charge is 1.99. The molecule has 0 fully saturated rings. The molecular weight excluding hydrogens is 140 g/mol. The van der Waals surface area contributed by atoms with E-state index in [1.54, 1.807) is 6.92 Å². The maximum atomic E-state index is 10.3. The molecule has 0 aromatic heterocycles. The molecule has 0 saturated heterocycles. The van der Waals surface area contributed by atoms with Crippen molar-refractivity contribution in [2.75, 3.05) is 0 Å². The number of rotatable bonds is 2. The van der Waals surface area contributed by atoms with Gasteiger partial charge in [0, 0.05) is 12.4 Å². The summed E-state index contributed by atoms with van der Waals surface area (Å²) in [5, 5.41) is -0.643. The third-order valence-corrected chi connectivity index (χ3v) is 0.821. The Labute approximate surface area is 58.2 Å². The van der Waals surface area contributed by atoms with Crippen molar-refractivity contribution in [2.45, 2.75) is 6.92 Å². The zero-order valence-electron chi connectivity index (χ0n) is 4.97. The van der Waals surface area contributed by atoms with Gasteiger partial charge in [0.1, 0.15) is 5.70 Å². The summed E-state index contributed by atoms with van der Waals surface area (Å²) in [6.07, 6.45) is 2.51. The first kappa shape index (κ1) is 8.17. The van der Waals surface area contributed by atoms with Gasteiger partial charge in [-0.15, -0.1) is 0 Å². The highest BCUT2D eigenvalue weighted by atomic mass is 35.5. The largest absolute Gasteiger partial charge is 0.403 e. The molecule has 0 unspecified atom stereocenters. The van der Waals surface area contributed by atoms with Crippen LogP contribution in [0.4, 0.5) is 0 Å². The topological polar surface area (TPSA) is 55.4 Å². The van der Waals surface area contributed by atoms with E-state index < -0.39 is 5.24 Å². The van der Waals surface area contributed by atoms with E-state index in [0.717, 1.165) is 6.20 Å². The Morgan fingerprint density at radius 1 is 1.78 bits per heavy atom. The Kier molecular flexibility index (Phi) is 3.71. The van der Waals surface area contributed by atoms with Crippen molar-refractivity contribution >= 4 is 23.1 Å². The summed E-state index contributed by atoms with van der Waals surface area (Å²) in [6.45, 7) is 1.67. The first-order valence-corrected chi connectivity index (χ1v) is 2.70. The van der Waals surface area contributed by atoms with Gasteiger partial charge in [-0.1, -0.05) is 0 Å². The van der Waals surface area contributed by atoms with Crippen LogP contribution in [-0.4, -0.2) is 11.5 Å². The van der Waals surface area contributed by atoms with E-state index in [1.165, 1.54) is 6.21 Å². The van der Waals surface area contributed by atoms with Gasteiger partial charge in [-0.25, -0.2) is 0 Å². The number of nitrogens with zero attached hydrogens (tertiary/aromatic N) is 1. The number of carbonyl (C=O) groups is 1. The molecule has 0 spiro atoms. The number of aliphatic imine (C=N–C) groups is 1. The minimum atomic E-state index is -0.643. The van der Waals surface area contributed by atoms with Crippen LogP contribution in [0.15, 0.2) is 16.9 Å². The molecule has 9 heavy (non-hydrogen) atoms. The van der Waals surface area contributed by atoms with Gasteiger partial charge in [-0.2, -0.15) is 0 Å². The average Bonchev–Trinajstić information content (AvgIpc) is 1.82. The second-order valence-electron chi connectivity index (χ2n) is 1.21. The highest BCUT2D eigenvalue weighted by Crippen LogP contribution is 1.98. The predicted octanol–water partition coefficient (Wildman–Crippen LogP) is 0.643. The second-order valence-corrected chi connectivity index (χ2v) is 1.56. The van der Waals surface area contributed by atoms with Crippen molar-refractivity contribution in [1.29, 1.82) is 0 Å². The fourth-order valence-corrected chi connectivity index (χ4v) is 0.410. The molecule has 0 aliphatic rings. The number of hydrogen-bond donors (Lipinski definition) is 1. The summed E-state index contributed by atoms with van der Waals surface area (Å²) in [5.41, 5.74) is 5.05. The van der Waals surface area contributed by atoms with E-state index in [-0.39, 0.29) is 5.70 Å². The third-order valence-electron chi connectivity index (χ3n) is 0.627. The van der Waals surface area contributed by atoms with E-state index in [9.17, 15) is 4.79 Å². The Hall–Kier alpha value is -0.830. The van der Waals surface area contributed by atoms with Crippen molar-refractivity contribution in [2.24, 2.45) is 10.7 Å². The Bertz CT molecular complexity index is 162. The molecule has 0 atom stereocenters. The summed E-state index contributed by atoms with van der Waals surface area (Å²) in [4.78, 5) is 13.8. The van der Waals surface area contributed by atoms with Crippen LogP contribution in [0.3, 0.4) is 0 Å². The lowest BCUT2D eigenvalue weighted by Crippen LogP contribution is -1.94. The van der Waals surface area contributed by atoms with E-state index in [1.807, 2.05) is 0 Å². The molecule has 0 aromatic carbocycles. The fourth-order valence-electron chi connectivity index (χ4n) is 0.298. The summed E-state index contributed by atoms with van der Waals surface area (Å²) in [7, 11) is 0. The van der Waals surface area contributed by atoms with Gasteiger partial charge in [0.05, 0.1) is 0 Å². The number of halogens is 1. The fraction of sp³-hybridized carbons (Fsp3) is 0.200. The molecule has 0 bridgehead atoms. The smallest absolute Gasteiger partial charge is 0.272 e. The molecule has 0 aliphatic carbocycles. The van der Waals surface area contributed by atoms with E-state index in [2.05, 4.69) is 4.99 Å². The van der Waals surface area contributed by atoms with Crippen LogP contribution in [0.25, 0.3) is 0 Å². The van der Waals surface area contributed by atoms with Gasteiger partial charge in [0.15, 0.2) is 0 Å². The van der Waals surface area contributed by atoms with Crippen molar-refractivity contribution in [3.63, 3.8) is 0 Å². The van der Waals surface area contributed by atoms with E-state index in [0.29, 0.717) is 0 Å². The minimum absolute atomic E-state index is 0.0687. The van der Waals surface area contributed by atoms with Gasteiger partial charge >= 0.3 is 0 Å². The Morgan fingerprint density at radius 3 is 2.44 bits per heavy atom. The van der Waals surface area contributed by atoms with Crippen LogP contribution in [0.2, 0.25) is 0 Å². The Balaban J connectivity index is 4.19. The first-order chi connectivity index (χ1) is 4.22. The molecule has 0 aromatic rings. The molecule has 4 heteroatoms. The van der Waals surface area contributed by atoms with Gasteiger partial charge in [-0.05, 0) is 18.5 Å². The molecule has 0 radical (unpaired) electrons. The van der Waals surface area contributed by atoms with Gasteiger partial charge in [0.2, 0.25) is 0 Å². The Morgan fingerprint density at radius 2 is 2.33 bits per heavy atom. The molecule has 0 amide bonds. The lowest BCUT2D eigenvalue weighted by molar-refractivity contribution is -0.108. The first-order valence-electron chi connectivity index (χ1n) is 2.32. The standard InChI is InChI=1S/C5H7ClN2O/c1-2-8-4(3-7)5(6)9/h2-3H,7H2,1H3/b4-3-,8-2?. The van der Waals surface area contributed by atoms with Crippen molar-refractivity contribution in [1.82, 2.24) is 0 Å². The highest BCUT2D eigenvalue weighted by molar-refractivity contribution is 6.67. The third kappa shape index (κ3) is 2.87. The SMILES string of the molecule is CC=N/C(=C\N)C(=O)Cl. The van der Waals surface area contributed by atoms with E-state index in [4.69, 9.17) is 17.3 Å². The lowest BCUT2D eigenvalue weighted by atomic mass is 10.5. The molecule has 0 rings (SSSR count). The van der Waals surface area contributed by atoms with Gasteiger partial charge in [0.25, 0.3) is 5.24 Å². The zero-order chi connectivity index (χ0) is 7.28. The van der Waals surface area contributed by atoms with Gasteiger partial charge in [-0.3, -0.25) is 9.79 Å². The molecule has 0 heterocycles. The maximum Gasteiger partial charge on any atom is 0.272 e. The lowest BCUT2D eigenvalue weighted by Gasteiger charge is -1.87. The number of allylic oxidation sites excluding steroid dienone is 1. The van der Waals surface area contributed by atoms with Crippen molar-refractivity contribution < 1.29 is 4.79 Å². The molecular formula is C5H7ClN2O. The number of hydrogen-bond acceptors (Lipinski definition) is 3. The van der Waals surface area contributed by atoms with Crippen LogP contribution < -0.4 is 5.73 Å². The molecule has 3 nitrogen and oxygen atoms in total. The van der Waals surface area contributed by atoms with E-state index >= 15 is 0 Å². The zero-order valence-corrected chi connectivity index (χ0v) is 5.72. The van der Waals surface area contributed by atoms with Crippen LogP contribution in [-0.2, 0) is 4.79 Å². The summed E-state index contributed by atoms with van der Waals surface area (Å²) >= 11 is 5.02. The summed E-state index contributed by atoms with van der Waals surface area (Å²) in [6, 6.07) is 0. The molecule has 0 saturated carbocycles. The number of nitrogens with two attached hydrogens (primary N) is 1. The minimum Gasteiger partial charge on any atom is -0.403 e. The summed E-state index contributed by atoms with van der Waals surface area (Å²) < 4.78 is 0. The second kappa shape index (κ2) is 4.09. The predicted molar refractivity (Wildman–Crippen MR) is 37.3 cm³/mol. The monoisotopic (exact) mass is 146 g/mol. The quantitative estimate of drug-likeness (QED) is 0.353.